The number of para-hydroxylation sites is 1. The summed E-state index contributed by atoms with van der Waals surface area (Å²) in [4.78, 5) is 3.22. The molecule has 0 saturated heterocycles. The lowest BCUT2D eigenvalue weighted by Crippen LogP contribution is -2.22. The first-order valence-electron chi connectivity index (χ1n) is 7.31. The number of nitriles is 1. The smallest absolute Gasteiger partial charge is 0.178 e. The molecule has 1 aromatic heterocycles. The van der Waals surface area contributed by atoms with Gasteiger partial charge < -0.3 is 9.55 Å². The van der Waals surface area contributed by atoms with E-state index in [1.54, 1.807) is 0 Å². The van der Waals surface area contributed by atoms with Gasteiger partial charge in [-0.25, -0.2) is 0 Å². The Morgan fingerprint density at radius 3 is 2.80 bits per heavy atom. The highest BCUT2D eigenvalue weighted by atomic mass is 32.1. The van der Waals surface area contributed by atoms with Crippen molar-refractivity contribution in [3.63, 3.8) is 0 Å². The van der Waals surface area contributed by atoms with Crippen LogP contribution in [0.5, 0.6) is 0 Å². The molecule has 20 heavy (non-hydrogen) atoms. The van der Waals surface area contributed by atoms with E-state index in [-0.39, 0.29) is 0 Å². The summed E-state index contributed by atoms with van der Waals surface area (Å²) < 4.78 is 2.93. The molecule has 0 spiro atoms. The molecule has 4 heteroatoms. The predicted octanol–water partition coefficient (Wildman–Crippen LogP) is 4.54. The Morgan fingerprint density at radius 2 is 2.15 bits per heavy atom. The molecule has 1 heterocycles. The fourth-order valence-corrected chi connectivity index (χ4v) is 3.78. The second kappa shape index (κ2) is 5.06. The first-order chi connectivity index (χ1) is 9.69. The van der Waals surface area contributed by atoms with Gasteiger partial charge in [0.1, 0.15) is 6.07 Å². The van der Waals surface area contributed by atoms with Crippen LogP contribution < -0.4 is 0 Å². The lowest BCUT2D eigenvalue weighted by atomic mass is 9.83. The van der Waals surface area contributed by atoms with Crippen LogP contribution in [0.2, 0.25) is 0 Å². The molecule has 0 unspecified atom stereocenters. The van der Waals surface area contributed by atoms with Gasteiger partial charge in [0.25, 0.3) is 0 Å². The molecule has 1 N–H and O–H groups in total. The van der Waals surface area contributed by atoms with E-state index in [0.29, 0.717) is 11.0 Å². The normalized spacial score (nSPS) is 17.4. The monoisotopic (exact) mass is 285 g/mol. The molecule has 3 rings (SSSR count). The number of nitrogens with one attached hydrogen (secondary N) is 1. The van der Waals surface area contributed by atoms with Crippen molar-refractivity contribution in [3.8, 4) is 6.07 Å². The zero-order valence-electron chi connectivity index (χ0n) is 11.8. The Hall–Kier alpha value is -1.60. The summed E-state index contributed by atoms with van der Waals surface area (Å²) in [6.07, 6.45) is 6.42. The molecule has 1 aromatic carbocycles. The third-order valence-electron chi connectivity index (χ3n) is 4.84. The van der Waals surface area contributed by atoms with Crippen LogP contribution in [0.15, 0.2) is 18.2 Å². The molecular weight excluding hydrogens is 266 g/mol. The van der Waals surface area contributed by atoms with Gasteiger partial charge in [-0.2, -0.15) is 5.26 Å². The number of aromatic amines is 1. The largest absolute Gasteiger partial charge is 0.329 e. The van der Waals surface area contributed by atoms with Crippen LogP contribution in [0.3, 0.4) is 0 Å². The standard InChI is InChI=1S/C16H19N3S/c1-2-16(8-3-4-9-16)11-19-13-7-5-6-12(10-17)14(13)18-15(19)20/h5-7H,2-4,8-9,11H2,1H3,(H,18,20). The molecule has 3 nitrogen and oxygen atoms in total. The molecule has 104 valence electrons. The molecule has 0 aliphatic heterocycles. The van der Waals surface area contributed by atoms with Crippen LogP contribution in [0.4, 0.5) is 0 Å². The highest BCUT2D eigenvalue weighted by molar-refractivity contribution is 7.71. The van der Waals surface area contributed by atoms with E-state index in [4.69, 9.17) is 12.2 Å². The third-order valence-corrected chi connectivity index (χ3v) is 5.16. The molecule has 1 saturated carbocycles. The first kappa shape index (κ1) is 13.4. The summed E-state index contributed by atoms with van der Waals surface area (Å²) in [6.45, 7) is 3.25. The van der Waals surface area contributed by atoms with Crippen molar-refractivity contribution in [3.05, 3.63) is 28.5 Å². The van der Waals surface area contributed by atoms with Gasteiger partial charge in [0, 0.05) is 6.54 Å². The van der Waals surface area contributed by atoms with Crippen molar-refractivity contribution in [1.82, 2.24) is 9.55 Å². The molecule has 0 atom stereocenters. The number of H-pyrrole nitrogens is 1. The number of rotatable bonds is 3. The minimum atomic E-state index is 0.385. The number of benzene rings is 1. The number of imidazole rings is 1. The van der Waals surface area contributed by atoms with E-state index in [1.807, 2.05) is 12.1 Å². The lowest BCUT2D eigenvalue weighted by Gasteiger charge is -2.28. The van der Waals surface area contributed by atoms with Crippen molar-refractivity contribution in [2.75, 3.05) is 0 Å². The van der Waals surface area contributed by atoms with Crippen LogP contribution >= 0.6 is 12.2 Å². The zero-order valence-corrected chi connectivity index (χ0v) is 12.6. The number of hydrogen-bond donors (Lipinski definition) is 1. The van der Waals surface area contributed by atoms with Gasteiger partial charge in [0.2, 0.25) is 0 Å². The van der Waals surface area contributed by atoms with Crippen LogP contribution in [-0.2, 0) is 6.54 Å². The van der Waals surface area contributed by atoms with Gasteiger partial charge in [0.15, 0.2) is 4.77 Å². The zero-order chi connectivity index (χ0) is 14.2. The summed E-state index contributed by atoms with van der Waals surface area (Å²) in [7, 11) is 0. The predicted molar refractivity (Wildman–Crippen MR) is 83.0 cm³/mol. The number of hydrogen-bond acceptors (Lipinski definition) is 2. The molecule has 0 amide bonds. The topological polar surface area (TPSA) is 44.5 Å². The van der Waals surface area contributed by atoms with Crippen molar-refractivity contribution in [2.24, 2.45) is 5.41 Å². The van der Waals surface area contributed by atoms with Gasteiger partial charge in [-0.15, -0.1) is 0 Å². The number of nitrogens with zero attached hydrogens (tertiary/aromatic N) is 2. The van der Waals surface area contributed by atoms with Crippen molar-refractivity contribution >= 4 is 23.3 Å². The Balaban J connectivity index is 2.11. The second-order valence-corrected chi connectivity index (χ2v) is 6.28. The van der Waals surface area contributed by atoms with E-state index in [2.05, 4.69) is 28.6 Å². The summed E-state index contributed by atoms with van der Waals surface area (Å²) in [6, 6.07) is 8.07. The fraction of sp³-hybridized carbons (Fsp3) is 0.500. The minimum Gasteiger partial charge on any atom is -0.329 e. The SMILES string of the molecule is CCC1(Cn2c(=S)[nH]c3c(C#N)cccc32)CCCC1. The minimum absolute atomic E-state index is 0.385. The molecule has 2 aromatic rings. The van der Waals surface area contributed by atoms with E-state index in [0.717, 1.165) is 22.3 Å². The summed E-state index contributed by atoms with van der Waals surface area (Å²) in [5.41, 5.74) is 3.00. The van der Waals surface area contributed by atoms with Gasteiger partial charge in [-0.3, -0.25) is 0 Å². The maximum atomic E-state index is 9.20. The highest BCUT2D eigenvalue weighted by Gasteiger charge is 2.33. The Morgan fingerprint density at radius 1 is 1.40 bits per heavy atom. The highest BCUT2D eigenvalue weighted by Crippen LogP contribution is 2.43. The quantitative estimate of drug-likeness (QED) is 0.841. The van der Waals surface area contributed by atoms with Crippen LogP contribution in [0.1, 0.15) is 44.6 Å². The summed E-state index contributed by atoms with van der Waals surface area (Å²) in [5, 5.41) is 9.20. The maximum absolute atomic E-state index is 9.20. The Bertz CT molecular complexity index is 726. The average Bonchev–Trinajstić information content (AvgIpc) is 3.05. The molecule has 1 aliphatic rings. The first-order valence-corrected chi connectivity index (χ1v) is 7.71. The Kier molecular flexibility index (Phi) is 3.39. The van der Waals surface area contributed by atoms with Crippen LogP contribution in [0, 0.1) is 21.5 Å². The summed E-state index contributed by atoms with van der Waals surface area (Å²) >= 11 is 5.49. The molecular formula is C16H19N3S. The fourth-order valence-electron chi connectivity index (χ4n) is 3.51. The van der Waals surface area contributed by atoms with Crippen molar-refractivity contribution < 1.29 is 0 Å². The van der Waals surface area contributed by atoms with Gasteiger partial charge >= 0.3 is 0 Å². The summed E-state index contributed by atoms with van der Waals surface area (Å²) in [5.74, 6) is 0. The average molecular weight is 285 g/mol. The van der Waals surface area contributed by atoms with Gasteiger partial charge in [-0.05, 0) is 49.0 Å². The lowest BCUT2D eigenvalue weighted by molar-refractivity contribution is 0.239. The van der Waals surface area contributed by atoms with E-state index in [1.165, 1.54) is 32.1 Å². The molecule has 1 aliphatic carbocycles. The Labute approximate surface area is 124 Å². The van der Waals surface area contributed by atoms with Crippen molar-refractivity contribution in [1.29, 1.82) is 5.26 Å². The van der Waals surface area contributed by atoms with Gasteiger partial charge in [0.05, 0.1) is 16.6 Å². The third kappa shape index (κ3) is 2.06. The van der Waals surface area contributed by atoms with Crippen LogP contribution in [-0.4, -0.2) is 9.55 Å². The van der Waals surface area contributed by atoms with E-state index in [9.17, 15) is 5.26 Å². The molecule has 0 radical (unpaired) electrons. The van der Waals surface area contributed by atoms with Gasteiger partial charge in [-0.1, -0.05) is 25.8 Å². The van der Waals surface area contributed by atoms with E-state index < -0.39 is 0 Å². The van der Waals surface area contributed by atoms with E-state index >= 15 is 0 Å². The van der Waals surface area contributed by atoms with Crippen molar-refractivity contribution in [2.45, 2.75) is 45.6 Å². The molecule has 1 fully saturated rings. The van der Waals surface area contributed by atoms with Crippen LogP contribution in [0.25, 0.3) is 11.0 Å². The number of aromatic nitrogens is 2. The maximum Gasteiger partial charge on any atom is 0.178 e. The molecule has 0 bridgehead atoms. The second-order valence-electron chi connectivity index (χ2n) is 5.89. The number of fused-ring (bicyclic) bond motifs is 1.